The summed E-state index contributed by atoms with van der Waals surface area (Å²) in [6.45, 7) is 3.53. The highest BCUT2D eigenvalue weighted by Crippen LogP contribution is 2.36. The summed E-state index contributed by atoms with van der Waals surface area (Å²) in [7, 11) is -1.01. The number of rotatable bonds is 6. The van der Waals surface area contributed by atoms with Gasteiger partial charge < -0.3 is 29.6 Å². The van der Waals surface area contributed by atoms with E-state index in [9.17, 15) is 13.4 Å². The predicted molar refractivity (Wildman–Crippen MR) is 140 cm³/mol. The maximum Gasteiger partial charge on any atom is 0.287 e. The van der Waals surface area contributed by atoms with E-state index in [4.69, 9.17) is 18.9 Å². The fourth-order valence-corrected chi connectivity index (χ4v) is 6.88. The summed E-state index contributed by atoms with van der Waals surface area (Å²) in [5.74, 6) is 0.265. The molecule has 14 heteroatoms. The number of methoxy groups -OCH3 is 1. The maximum absolute atomic E-state index is 14.3. The van der Waals surface area contributed by atoms with E-state index in [2.05, 4.69) is 25.1 Å². The first-order valence-corrected chi connectivity index (χ1v) is 14.5. The van der Waals surface area contributed by atoms with Crippen LogP contribution in [0.25, 0.3) is 5.52 Å². The molecule has 3 aliphatic rings. The summed E-state index contributed by atoms with van der Waals surface area (Å²) in [6, 6.07) is 4.14. The number of hydrogen-bond acceptors (Lipinski definition) is 10. The Balaban J connectivity index is 1.29. The van der Waals surface area contributed by atoms with Crippen molar-refractivity contribution in [2.24, 2.45) is 4.36 Å². The van der Waals surface area contributed by atoms with E-state index >= 15 is 0 Å². The number of aryl methyl sites for hydroxylation is 1. The van der Waals surface area contributed by atoms with Gasteiger partial charge in [-0.2, -0.15) is 9.46 Å². The molecule has 0 saturated carbocycles. The van der Waals surface area contributed by atoms with Crippen LogP contribution in [0, 0.1) is 12.7 Å². The van der Waals surface area contributed by atoms with Crippen molar-refractivity contribution in [1.82, 2.24) is 19.9 Å². The molecule has 0 spiro atoms. The van der Waals surface area contributed by atoms with Gasteiger partial charge >= 0.3 is 0 Å². The first-order valence-electron chi connectivity index (χ1n) is 12.6. The Kier molecular flexibility index (Phi) is 6.97. The van der Waals surface area contributed by atoms with E-state index in [-0.39, 0.29) is 36.2 Å². The summed E-state index contributed by atoms with van der Waals surface area (Å²) in [4.78, 5) is 17.4. The van der Waals surface area contributed by atoms with Crippen molar-refractivity contribution in [3.05, 3.63) is 47.7 Å². The van der Waals surface area contributed by atoms with Crippen molar-refractivity contribution in [2.75, 3.05) is 50.2 Å². The van der Waals surface area contributed by atoms with Gasteiger partial charge in [0.15, 0.2) is 11.9 Å². The predicted octanol–water partition coefficient (Wildman–Crippen LogP) is 1.69. The van der Waals surface area contributed by atoms with Crippen molar-refractivity contribution in [1.29, 1.82) is 0 Å². The molecule has 3 saturated heterocycles. The smallest absolute Gasteiger partial charge is 0.287 e. The minimum Gasteiger partial charge on any atom is -0.483 e. The molecule has 0 aliphatic carbocycles. The second kappa shape index (κ2) is 10.4. The number of halogens is 1. The average molecular weight is 561 g/mol. The number of carbonyl (C=O) groups excluding carboxylic acids is 1. The van der Waals surface area contributed by atoms with Crippen LogP contribution >= 0.6 is 0 Å². The lowest BCUT2D eigenvalue weighted by atomic mass is 10.1. The molecule has 39 heavy (non-hydrogen) atoms. The molecule has 3 aliphatic heterocycles. The number of ether oxygens (including phenoxy) is 4. The van der Waals surface area contributed by atoms with Crippen LogP contribution in [0.3, 0.4) is 0 Å². The lowest BCUT2D eigenvalue weighted by molar-refractivity contribution is -0.0138. The first-order chi connectivity index (χ1) is 18.8. The van der Waals surface area contributed by atoms with Crippen molar-refractivity contribution < 1.29 is 32.3 Å². The summed E-state index contributed by atoms with van der Waals surface area (Å²) in [5.41, 5.74) is 1.84. The van der Waals surface area contributed by atoms with Gasteiger partial charge in [-0.1, -0.05) is 0 Å². The SMILES string of the molecule is CO[C@@H]1CO[C@H]2[C@@H]1OC[C@H]2Oc1cc(F)ccc1Nc1ncnn2cc(C(=O)N=S3(=O)CCNCC3)c(C)c12. The van der Waals surface area contributed by atoms with E-state index in [1.54, 1.807) is 26.3 Å². The molecule has 1 amide bonds. The van der Waals surface area contributed by atoms with E-state index in [0.29, 0.717) is 53.8 Å². The fourth-order valence-electron chi connectivity index (χ4n) is 5.17. The third kappa shape index (κ3) is 4.98. The Morgan fingerprint density at radius 2 is 1.97 bits per heavy atom. The molecular weight excluding hydrogens is 531 g/mol. The molecule has 12 nitrogen and oxygen atoms in total. The second-order valence-corrected chi connectivity index (χ2v) is 12.2. The molecule has 2 N–H and O–H groups in total. The van der Waals surface area contributed by atoms with Crippen molar-refractivity contribution in [3.63, 3.8) is 0 Å². The zero-order valence-corrected chi connectivity index (χ0v) is 22.3. The van der Waals surface area contributed by atoms with Crippen LogP contribution in [0.5, 0.6) is 5.75 Å². The van der Waals surface area contributed by atoms with Gasteiger partial charge in [-0.3, -0.25) is 4.79 Å². The minimum atomic E-state index is -2.61. The van der Waals surface area contributed by atoms with Gasteiger partial charge in [0.1, 0.15) is 41.7 Å². The Morgan fingerprint density at radius 3 is 2.74 bits per heavy atom. The van der Waals surface area contributed by atoms with Crippen molar-refractivity contribution in [2.45, 2.75) is 31.3 Å². The molecule has 4 atom stereocenters. The van der Waals surface area contributed by atoms with Crippen LogP contribution in [0.1, 0.15) is 15.9 Å². The lowest BCUT2D eigenvalue weighted by Crippen LogP contribution is -2.36. The van der Waals surface area contributed by atoms with Crippen molar-refractivity contribution >= 4 is 32.7 Å². The monoisotopic (exact) mass is 560 g/mol. The number of amides is 1. The number of nitrogens with zero attached hydrogens (tertiary/aromatic N) is 4. The Labute approximate surface area is 224 Å². The highest BCUT2D eigenvalue weighted by Gasteiger charge is 2.49. The zero-order valence-electron chi connectivity index (χ0n) is 21.5. The number of fused-ring (bicyclic) bond motifs is 2. The van der Waals surface area contributed by atoms with Gasteiger partial charge in [0, 0.05) is 44.0 Å². The number of anilines is 2. The normalized spacial score (nSPS) is 25.9. The molecule has 0 bridgehead atoms. The van der Waals surface area contributed by atoms with E-state index < -0.39 is 27.6 Å². The average Bonchev–Trinajstić information content (AvgIpc) is 3.60. The lowest BCUT2D eigenvalue weighted by Gasteiger charge is -2.20. The number of hydrogen-bond donors (Lipinski definition) is 2. The summed E-state index contributed by atoms with van der Waals surface area (Å²) < 4.78 is 56.2. The Hall–Kier alpha value is -3.17. The molecule has 0 unspecified atom stereocenters. The molecule has 5 heterocycles. The standard InChI is InChI=1S/C25H29FN6O6S/c1-14-16(25(33)31-39(34)7-5-27-6-8-39)10-32-21(14)24(28-13-29-32)30-17-4-3-15(26)9-18(17)38-20-12-37-22-19(35-2)11-36-23(20)22/h3-4,9-10,13,19-20,22-23,27H,5-8,11-12H2,1-2H3,(H,28,29,30)/t19-,20-,22-,23-/m1/s1. The van der Waals surface area contributed by atoms with Gasteiger partial charge in [0.25, 0.3) is 5.91 Å². The highest BCUT2D eigenvalue weighted by atomic mass is 32.2. The van der Waals surface area contributed by atoms with Crippen molar-refractivity contribution in [3.8, 4) is 5.75 Å². The van der Waals surface area contributed by atoms with Gasteiger partial charge in [-0.05, 0) is 24.6 Å². The van der Waals surface area contributed by atoms with E-state index in [1.807, 2.05) is 0 Å². The summed E-state index contributed by atoms with van der Waals surface area (Å²) in [6.07, 6.45) is 1.65. The Morgan fingerprint density at radius 1 is 1.23 bits per heavy atom. The van der Waals surface area contributed by atoms with Crippen LogP contribution < -0.4 is 15.4 Å². The molecular formula is C25H29FN6O6S. The largest absolute Gasteiger partial charge is 0.483 e. The van der Waals surface area contributed by atoms with Crippen LogP contribution in [0.4, 0.5) is 15.9 Å². The molecule has 2 aromatic heterocycles. The number of carbonyl (C=O) groups is 1. The topological polar surface area (TPSA) is 138 Å². The van der Waals surface area contributed by atoms with Crippen LogP contribution in [0.2, 0.25) is 0 Å². The minimum absolute atomic E-state index is 0.183. The first kappa shape index (κ1) is 26.1. The third-order valence-corrected chi connectivity index (χ3v) is 9.43. The summed E-state index contributed by atoms with van der Waals surface area (Å²) >= 11 is 0. The van der Waals surface area contributed by atoms with Crippen LogP contribution in [0.15, 0.2) is 35.1 Å². The maximum atomic E-state index is 14.3. The van der Waals surface area contributed by atoms with E-state index in [0.717, 1.165) is 0 Å². The van der Waals surface area contributed by atoms with Gasteiger partial charge in [0.2, 0.25) is 0 Å². The molecule has 0 radical (unpaired) electrons. The van der Waals surface area contributed by atoms with Gasteiger partial charge in [-0.25, -0.2) is 18.1 Å². The number of nitrogens with one attached hydrogen (secondary N) is 2. The zero-order chi connectivity index (χ0) is 27.1. The molecule has 208 valence electrons. The highest BCUT2D eigenvalue weighted by molar-refractivity contribution is 7.94. The molecule has 1 aromatic carbocycles. The number of aromatic nitrogens is 3. The van der Waals surface area contributed by atoms with Gasteiger partial charge in [0.05, 0.1) is 34.2 Å². The Bertz CT molecular complexity index is 1530. The second-order valence-electron chi connectivity index (χ2n) is 9.69. The van der Waals surface area contributed by atoms with Crippen LogP contribution in [-0.4, -0.2) is 94.0 Å². The molecule has 3 fully saturated rings. The number of benzene rings is 1. The summed E-state index contributed by atoms with van der Waals surface area (Å²) in [5, 5.41) is 10.6. The fraction of sp³-hybridized carbons (Fsp3) is 0.480. The quantitative estimate of drug-likeness (QED) is 0.458. The molecule has 3 aromatic rings. The van der Waals surface area contributed by atoms with Crippen LogP contribution in [-0.2, 0) is 23.9 Å². The van der Waals surface area contributed by atoms with Gasteiger partial charge in [-0.15, -0.1) is 0 Å². The third-order valence-electron chi connectivity index (χ3n) is 7.24. The molecule has 6 rings (SSSR count). The van der Waals surface area contributed by atoms with E-state index in [1.165, 1.54) is 23.0 Å².